The Balaban J connectivity index is 2.43. The Labute approximate surface area is 97.8 Å². The zero-order valence-corrected chi connectivity index (χ0v) is 10.4. The smallest absolute Gasteiger partial charge is 0.237 e. The molecule has 1 unspecified atom stereocenters. The van der Waals surface area contributed by atoms with Gasteiger partial charge < -0.3 is 15.7 Å². The van der Waals surface area contributed by atoms with Crippen molar-refractivity contribution in [3.05, 3.63) is 0 Å². The van der Waals surface area contributed by atoms with Crippen LogP contribution in [-0.4, -0.2) is 35.7 Å². The molecule has 1 rings (SSSR count). The molecule has 1 heterocycles. The minimum absolute atomic E-state index is 0.0760. The summed E-state index contributed by atoms with van der Waals surface area (Å²) in [5.74, 6) is 0.0760. The van der Waals surface area contributed by atoms with E-state index in [2.05, 4.69) is 10.6 Å². The summed E-state index contributed by atoms with van der Waals surface area (Å²) in [6, 6.07) is -0.132. The van der Waals surface area contributed by atoms with E-state index in [1.54, 1.807) is 0 Å². The normalized spacial score (nSPS) is 22.7. The molecule has 1 saturated heterocycles. The van der Waals surface area contributed by atoms with E-state index in [4.69, 9.17) is 0 Å². The highest BCUT2D eigenvalue weighted by Gasteiger charge is 2.26. The molecule has 1 aliphatic heterocycles. The molecule has 0 aromatic heterocycles. The first kappa shape index (κ1) is 13.5. The van der Waals surface area contributed by atoms with E-state index in [0.717, 1.165) is 25.8 Å². The highest BCUT2D eigenvalue weighted by molar-refractivity contribution is 5.81. The van der Waals surface area contributed by atoms with Gasteiger partial charge in [0.05, 0.1) is 11.6 Å². The zero-order valence-electron chi connectivity index (χ0n) is 10.4. The standard InChI is InChI=1S/C12H24N2O2/c1-3-12(16,4-2)9-14-10-7-5-6-8-13-11(10)15/h10,14,16H,3-9H2,1-2H3,(H,13,15). The van der Waals surface area contributed by atoms with Crippen molar-refractivity contribution in [2.75, 3.05) is 13.1 Å². The van der Waals surface area contributed by atoms with Gasteiger partial charge in [-0.2, -0.15) is 0 Å². The van der Waals surface area contributed by atoms with Gasteiger partial charge in [0.25, 0.3) is 0 Å². The van der Waals surface area contributed by atoms with Crippen molar-refractivity contribution in [2.45, 2.75) is 57.6 Å². The Hall–Kier alpha value is -0.610. The van der Waals surface area contributed by atoms with E-state index >= 15 is 0 Å². The molecule has 1 amide bonds. The average molecular weight is 228 g/mol. The summed E-state index contributed by atoms with van der Waals surface area (Å²) in [5.41, 5.74) is -0.674. The topological polar surface area (TPSA) is 61.4 Å². The van der Waals surface area contributed by atoms with Crippen LogP contribution in [0.2, 0.25) is 0 Å². The number of amides is 1. The summed E-state index contributed by atoms with van der Waals surface area (Å²) < 4.78 is 0. The number of carbonyl (C=O) groups is 1. The molecular weight excluding hydrogens is 204 g/mol. The van der Waals surface area contributed by atoms with Crippen LogP contribution in [-0.2, 0) is 4.79 Å². The van der Waals surface area contributed by atoms with Crippen molar-refractivity contribution in [1.82, 2.24) is 10.6 Å². The van der Waals surface area contributed by atoms with Crippen molar-refractivity contribution in [3.63, 3.8) is 0 Å². The van der Waals surface area contributed by atoms with Gasteiger partial charge >= 0.3 is 0 Å². The maximum absolute atomic E-state index is 11.7. The Morgan fingerprint density at radius 2 is 2.12 bits per heavy atom. The van der Waals surface area contributed by atoms with E-state index in [1.165, 1.54) is 0 Å². The SMILES string of the molecule is CCC(O)(CC)CNC1CCCCNC1=O. The fourth-order valence-electron chi connectivity index (χ4n) is 1.95. The summed E-state index contributed by atoms with van der Waals surface area (Å²) in [5, 5.41) is 16.2. The second-order valence-corrected chi connectivity index (χ2v) is 4.65. The highest BCUT2D eigenvalue weighted by atomic mass is 16.3. The fourth-order valence-corrected chi connectivity index (χ4v) is 1.95. The lowest BCUT2D eigenvalue weighted by Gasteiger charge is -2.27. The molecule has 0 aromatic carbocycles. The first-order valence-corrected chi connectivity index (χ1v) is 6.35. The van der Waals surface area contributed by atoms with Crippen LogP contribution in [0.5, 0.6) is 0 Å². The van der Waals surface area contributed by atoms with Crippen LogP contribution in [0, 0.1) is 0 Å². The quantitative estimate of drug-likeness (QED) is 0.652. The van der Waals surface area contributed by atoms with Gasteiger partial charge in [-0.3, -0.25) is 4.79 Å². The van der Waals surface area contributed by atoms with Gasteiger partial charge in [-0.25, -0.2) is 0 Å². The molecule has 94 valence electrons. The summed E-state index contributed by atoms with van der Waals surface area (Å²) in [7, 11) is 0. The largest absolute Gasteiger partial charge is 0.389 e. The lowest BCUT2D eigenvalue weighted by atomic mass is 9.97. The molecule has 0 aromatic rings. The van der Waals surface area contributed by atoms with Crippen LogP contribution < -0.4 is 10.6 Å². The van der Waals surface area contributed by atoms with E-state index in [0.29, 0.717) is 19.4 Å². The predicted octanol–water partition coefficient (Wildman–Crippen LogP) is 0.796. The lowest BCUT2D eigenvalue weighted by molar-refractivity contribution is -0.123. The van der Waals surface area contributed by atoms with Gasteiger partial charge in [-0.15, -0.1) is 0 Å². The number of carbonyl (C=O) groups excluding carboxylic acids is 1. The zero-order chi connectivity index (χ0) is 12.0. The number of hydrogen-bond donors (Lipinski definition) is 3. The minimum atomic E-state index is -0.674. The van der Waals surface area contributed by atoms with Gasteiger partial charge in [0.1, 0.15) is 0 Å². The van der Waals surface area contributed by atoms with Crippen molar-refractivity contribution in [3.8, 4) is 0 Å². The second kappa shape index (κ2) is 6.21. The van der Waals surface area contributed by atoms with Crippen LogP contribution >= 0.6 is 0 Å². The number of nitrogens with one attached hydrogen (secondary N) is 2. The Morgan fingerprint density at radius 1 is 1.44 bits per heavy atom. The molecule has 1 aliphatic rings. The summed E-state index contributed by atoms with van der Waals surface area (Å²) in [6.45, 7) is 5.22. The van der Waals surface area contributed by atoms with Crippen molar-refractivity contribution in [2.24, 2.45) is 0 Å². The molecule has 16 heavy (non-hydrogen) atoms. The van der Waals surface area contributed by atoms with Crippen LogP contribution in [0.3, 0.4) is 0 Å². The number of aliphatic hydroxyl groups is 1. The third kappa shape index (κ3) is 3.76. The van der Waals surface area contributed by atoms with Crippen LogP contribution in [0.4, 0.5) is 0 Å². The molecular formula is C12H24N2O2. The minimum Gasteiger partial charge on any atom is -0.389 e. The predicted molar refractivity (Wildman–Crippen MR) is 64.2 cm³/mol. The Morgan fingerprint density at radius 3 is 2.75 bits per heavy atom. The van der Waals surface area contributed by atoms with Gasteiger partial charge in [0.2, 0.25) is 5.91 Å². The highest BCUT2D eigenvalue weighted by Crippen LogP contribution is 2.14. The molecule has 0 radical (unpaired) electrons. The summed E-state index contributed by atoms with van der Waals surface area (Å²) in [4.78, 5) is 11.7. The van der Waals surface area contributed by atoms with Gasteiger partial charge in [-0.1, -0.05) is 13.8 Å². The fraction of sp³-hybridized carbons (Fsp3) is 0.917. The Bertz CT molecular complexity index is 227. The number of rotatable bonds is 5. The van der Waals surface area contributed by atoms with E-state index in [1.807, 2.05) is 13.8 Å². The van der Waals surface area contributed by atoms with Crippen molar-refractivity contribution >= 4 is 5.91 Å². The molecule has 0 spiro atoms. The van der Waals surface area contributed by atoms with Gasteiger partial charge in [-0.05, 0) is 32.1 Å². The van der Waals surface area contributed by atoms with Gasteiger partial charge in [0, 0.05) is 13.1 Å². The van der Waals surface area contributed by atoms with E-state index < -0.39 is 5.60 Å². The van der Waals surface area contributed by atoms with Gasteiger partial charge in [0.15, 0.2) is 0 Å². The molecule has 0 bridgehead atoms. The Kier molecular flexibility index (Phi) is 5.22. The third-order valence-corrected chi connectivity index (χ3v) is 3.53. The molecule has 0 saturated carbocycles. The van der Waals surface area contributed by atoms with E-state index in [9.17, 15) is 9.90 Å². The van der Waals surface area contributed by atoms with Crippen LogP contribution in [0.15, 0.2) is 0 Å². The molecule has 1 atom stereocenters. The second-order valence-electron chi connectivity index (χ2n) is 4.65. The molecule has 4 nitrogen and oxygen atoms in total. The average Bonchev–Trinajstić information content (AvgIpc) is 2.51. The van der Waals surface area contributed by atoms with Crippen LogP contribution in [0.1, 0.15) is 46.0 Å². The molecule has 3 N–H and O–H groups in total. The third-order valence-electron chi connectivity index (χ3n) is 3.53. The maximum atomic E-state index is 11.7. The van der Waals surface area contributed by atoms with Crippen LogP contribution in [0.25, 0.3) is 0 Å². The van der Waals surface area contributed by atoms with Crippen molar-refractivity contribution in [1.29, 1.82) is 0 Å². The number of hydrogen-bond acceptors (Lipinski definition) is 3. The van der Waals surface area contributed by atoms with E-state index in [-0.39, 0.29) is 11.9 Å². The molecule has 1 fully saturated rings. The van der Waals surface area contributed by atoms with Crippen molar-refractivity contribution < 1.29 is 9.90 Å². The molecule has 0 aliphatic carbocycles. The monoisotopic (exact) mass is 228 g/mol. The first-order valence-electron chi connectivity index (χ1n) is 6.35. The summed E-state index contributed by atoms with van der Waals surface area (Å²) >= 11 is 0. The lowest BCUT2D eigenvalue weighted by Crippen LogP contribution is -2.49. The maximum Gasteiger partial charge on any atom is 0.237 e. The molecule has 4 heteroatoms. The summed E-state index contributed by atoms with van der Waals surface area (Å²) in [6.07, 6.45) is 4.41. The first-order chi connectivity index (χ1) is 7.61.